The van der Waals surface area contributed by atoms with Crippen molar-refractivity contribution in [3.63, 3.8) is 0 Å². The molecule has 10 nitrogen and oxygen atoms in total. The first-order chi connectivity index (χ1) is 21.0. The minimum Gasteiger partial charge on any atom is -0.494 e. The summed E-state index contributed by atoms with van der Waals surface area (Å²) in [7, 11) is 2.96. The Bertz CT molecular complexity index is 1630. The van der Waals surface area contributed by atoms with Crippen LogP contribution in [0, 0.1) is 0 Å². The average Bonchev–Trinajstić information content (AvgIpc) is 3.42. The van der Waals surface area contributed by atoms with Crippen molar-refractivity contribution in [1.82, 2.24) is 20.1 Å². The highest BCUT2D eigenvalue weighted by Crippen LogP contribution is 2.34. The summed E-state index contributed by atoms with van der Waals surface area (Å²) in [5.74, 6) is 0.617. The summed E-state index contributed by atoms with van der Waals surface area (Å²) in [4.78, 5) is 25.7. The van der Waals surface area contributed by atoms with Gasteiger partial charge in [-0.05, 0) is 67.6 Å². The summed E-state index contributed by atoms with van der Waals surface area (Å²) < 4.78 is 57.1. The third kappa shape index (κ3) is 7.94. The fourth-order valence-electron chi connectivity index (χ4n) is 3.98. The number of carbonyl (C=O) groups excluding carboxylic acids is 2. The molecule has 2 N–H and O–H groups in total. The van der Waals surface area contributed by atoms with Crippen LogP contribution in [0.1, 0.15) is 28.7 Å². The second-order valence-corrected chi connectivity index (χ2v) is 10.3. The molecular formula is C29H27ClF3N5O5S. The van der Waals surface area contributed by atoms with Gasteiger partial charge in [-0.2, -0.15) is 13.2 Å². The van der Waals surface area contributed by atoms with Gasteiger partial charge in [0, 0.05) is 11.3 Å². The highest BCUT2D eigenvalue weighted by Gasteiger charge is 2.31. The number of hydrogen-bond donors (Lipinski definition) is 2. The molecule has 0 radical (unpaired) electrons. The quantitative estimate of drug-likeness (QED) is 0.179. The number of benzene rings is 3. The molecule has 0 aliphatic heterocycles. The summed E-state index contributed by atoms with van der Waals surface area (Å²) in [6.07, 6.45) is -4.60. The molecule has 0 aliphatic rings. The summed E-state index contributed by atoms with van der Waals surface area (Å²) in [6, 6.07) is 14.4. The molecule has 4 rings (SSSR count). The number of ether oxygens (including phenoxy) is 3. The van der Waals surface area contributed by atoms with E-state index in [4.69, 9.17) is 25.8 Å². The number of amides is 2. The smallest absolute Gasteiger partial charge is 0.416 e. The van der Waals surface area contributed by atoms with Crippen LogP contribution in [0.4, 0.5) is 18.9 Å². The van der Waals surface area contributed by atoms with Crippen molar-refractivity contribution in [2.45, 2.75) is 24.8 Å². The van der Waals surface area contributed by atoms with E-state index in [-0.39, 0.29) is 23.0 Å². The largest absolute Gasteiger partial charge is 0.494 e. The topological polar surface area (TPSA) is 117 Å². The van der Waals surface area contributed by atoms with Crippen molar-refractivity contribution < 1.29 is 37.0 Å². The van der Waals surface area contributed by atoms with Crippen molar-refractivity contribution in [1.29, 1.82) is 0 Å². The van der Waals surface area contributed by atoms with Crippen LogP contribution in [0.3, 0.4) is 0 Å². The molecule has 0 saturated carbocycles. The number of aromatic nitrogens is 3. The minimum atomic E-state index is -4.60. The standard InChI is InChI=1S/C29H27ClF3N5O5S/c1-4-43-20-9-7-19(8-10-20)38-25(15-34-27(40)17-5-12-23(41-2)24(13-17)42-3)36-37-28(38)44-16-26(39)35-22-14-18(29(31,32)33)6-11-21(22)30/h5-14H,4,15-16H2,1-3H3,(H,34,40)(H,35,39). The fraction of sp³-hybridized carbons (Fsp3) is 0.241. The van der Waals surface area contributed by atoms with Crippen LogP contribution in [0.25, 0.3) is 5.69 Å². The van der Waals surface area contributed by atoms with Crippen LogP contribution < -0.4 is 24.8 Å². The summed E-state index contributed by atoms with van der Waals surface area (Å²) >= 11 is 7.01. The molecule has 0 unspecified atom stereocenters. The van der Waals surface area contributed by atoms with Crippen molar-refractivity contribution in [2.24, 2.45) is 0 Å². The second-order valence-electron chi connectivity index (χ2n) is 8.94. The van der Waals surface area contributed by atoms with Crippen LogP contribution in [0.15, 0.2) is 65.8 Å². The average molecular weight is 650 g/mol. The zero-order chi connectivity index (χ0) is 31.9. The molecule has 44 heavy (non-hydrogen) atoms. The maximum absolute atomic E-state index is 13.1. The normalized spacial score (nSPS) is 11.2. The molecule has 15 heteroatoms. The molecule has 3 aromatic carbocycles. The second kappa shape index (κ2) is 14.4. The van der Waals surface area contributed by atoms with E-state index in [1.165, 1.54) is 14.2 Å². The molecule has 0 fully saturated rings. The number of nitrogens with one attached hydrogen (secondary N) is 2. The van der Waals surface area contributed by atoms with Gasteiger partial charge in [0.25, 0.3) is 5.91 Å². The molecule has 0 aliphatic carbocycles. The molecule has 0 saturated heterocycles. The Morgan fingerprint density at radius 1 is 0.977 bits per heavy atom. The SMILES string of the molecule is CCOc1ccc(-n2c(CNC(=O)c3ccc(OC)c(OC)c3)nnc2SCC(=O)Nc2cc(C(F)(F)F)ccc2Cl)cc1. The van der Waals surface area contributed by atoms with Crippen LogP contribution in [0.2, 0.25) is 5.02 Å². The summed E-state index contributed by atoms with van der Waals surface area (Å²) in [5, 5.41) is 13.9. The maximum atomic E-state index is 13.1. The van der Waals surface area contributed by atoms with E-state index >= 15 is 0 Å². The van der Waals surface area contributed by atoms with Gasteiger partial charge in [0.15, 0.2) is 22.5 Å². The number of nitrogens with zero attached hydrogens (tertiary/aromatic N) is 3. The Hall–Kier alpha value is -4.43. The number of anilines is 1. The first kappa shape index (κ1) is 32.5. The van der Waals surface area contributed by atoms with Crippen LogP contribution in [-0.2, 0) is 17.5 Å². The van der Waals surface area contributed by atoms with Gasteiger partial charge in [-0.25, -0.2) is 0 Å². The molecule has 4 aromatic rings. The van der Waals surface area contributed by atoms with Gasteiger partial charge in [0.05, 0.1) is 49.4 Å². The highest BCUT2D eigenvalue weighted by molar-refractivity contribution is 7.99. The summed E-state index contributed by atoms with van der Waals surface area (Å²) in [6.45, 7) is 2.31. The van der Waals surface area contributed by atoms with Gasteiger partial charge >= 0.3 is 6.18 Å². The Morgan fingerprint density at radius 3 is 2.36 bits per heavy atom. The highest BCUT2D eigenvalue weighted by atomic mass is 35.5. The van der Waals surface area contributed by atoms with Crippen molar-refractivity contribution >= 4 is 40.9 Å². The summed E-state index contributed by atoms with van der Waals surface area (Å²) in [5.41, 5.74) is -0.162. The zero-order valence-electron chi connectivity index (χ0n) is 23.7. The van der Waals surface area contributed by atoms with Gasteiger partial charge in [-0.1, -0.05) is 23.4 Å². The zero-order valence-corrected chi connectivity index (χ0v) is 25.3. The van der Waals surface area contributed by atoms with Gasteiger partial charge in [0.1, 0.15) is 5.75 Å². The molecule has 1 heterocycles. The number of rotatable bonds is 12. The van der Waals surface area contributed by atoms with Crippen molar-refractivity contribution in [2.75, 3.05) is 31.9 Å². The van der Waals surface area contributed by atoms with Crippen LogP contribution in [0.5, 0.6) is 17.2 Å². The number of methoxy groups -OCH3 is 2. The molecule has 232 valence electrons. The lowest BCUT2D eigenvalue weighted by Gasteiger charge is -2.13. The first-order valence-corrected chi connectivity index (χ1v) is 14.4. The van der Waals surface area contributed by atoms with E-state index in [0.29, 0.717) is 46.1 Å². The minimum absolute atomic E-state index is 0.0278. The molecule has 2 amide bonds. The van der Waals surface area contributed by atoms with E-state index in [1.807, 2.05) is 6.92 Å². The van der Waals surface area contributed by atoms with Crippen molar-refractivity contribution in [3.05, 3.63) is 82.6 Å². The number of thioether (sulfide) groups is 1. The van der Waals surface area contributed by atoms with E-state index in [1.54, 1.807) is 47.0 Å². The van der Waals surface area contributed by atoms with Gasteiger partial charge in [-0.3, -0.25) is 14.2 Å². The number of alkyl halides is 3. The lowest BCUT2D eigenvalue weighted by atomic mass is 10.2. The molecule has 0 bridgehead atoms. The Balaban J connectivity index is 1.53. The van der Waals surface area contributed by atoms with Crippen LogP contribution >= 0.6 is 23.4 Å². The molecule has 1 aromatic heterocycles. The predicted molar refractivity (Wildman–Crippen MR) is 159 cm³/mol. The van der Waals surface area contributed by atoms with Gasteiger partial charge in [-0.15, -0.1) is 10.2 Å². The van der Waals surface area contributed by atoms with E-state index in [9.17, 15) is 22.8 Å². The fourth-order valence-corrected chi connectivity index (χ4v) is 4.91. The Morgan fingerprint density at radius 2 is 1.70 bits per heavy atom. The van der Waals surface area contributed by atoms with E-state index < -0.39 is 23.6 Å². The van der Waals surface area contributed by atoms with E-state index in [2.05, 4.69) is 20.8 Å². The Labute approximate surface area is 259 Å². The first-order valence-electron chi connectivity index (χ1n) is 13.0. The third-order valence-electron chi connectivity index (χ3n) is 6.06. The number of carbonyl (C=O) groups is 2. The molecule has 0 atom stereocenters. The lowest BCUT2D eigenvalue weighted by Crippen LogP contribution is -2.24. The molecular weight excluding hydrogens is 623 g/mol. The lowest BCUT2D eigenvalue weighted by molar-refractivity contribution is -0.137. The number of halogens is 4. The monoisotopic (exact) mass is 649 g/mol. The number of hydrogen-bond acceptors (Lipinski definition) is 8. The van der Waals surface area contributed by atoms with E-state index in [0.717, 1.165) is 30.0 Å². The van der Waals surface area contributed by atoms with Crippen LogP contribution in [-0.4, -0.2) is 53.2 Å². The Kier molecular flexibility index (Phi) is 10.6. The van der Waals surface area contributed by atoms with Gasteiger partial charge < -0.3 is 24.8 Å². The van der Waals surface area contributed by atoms with Gasteiger partial charge in [0.2, 0.25) is 5.91 Å². The maximum Gasteiger partial charge on any atom is 0.416 e. The van der Waals surface area contributed by atoms with Crippen molar-refractivity contribution in [3.8, 4) is 22.9 Å². The molecule has 0 spiro atoms. The third-order valence-corrected chi connectivity index (χ3v) is 7.32. The predicted octanol–water partition coefficient (Wildman–Crippen LogP) is 6.02.